The van der Waals surface area contributed by atoms with Gasteiger partial charge in [-0.25, -0.2) is 4.79 Å². The Morgan fingerprint density at radius 1 is 0.929 bits per heavy atom. The molecule has 1 heterocycles. The summed E-state index contributed by atoms with van der Waals surface area (Å²) < 4.78 is 7.33. The minimum atomic E-state index is -0.468. The lowest BCUT2D eigenvalue weighted by Crippen LogP contribution is -2.11. The quantitative estimate of drug-likeness (QED) is 0.420. The second-order valence-electron chi connectivity index (χ2n) is 6.38. The van der Waals surface area contributed by atoms with Crippen LogP contribution in [0.1, 0.15) is 15.9 Å². The van der Waals surface area contributed by atoms with E-state index in [1.54, 1.807) is 35.0 Å². The van der Waals surface area contributed by atoms with Crippen LogP contribution in [-0.4, -0.2) is 15.7 Å². The first-order chi connectivity index (χ1) is 13.6. The number of ether oxygens (including phenoxy) is 1. The molecule has 5 heteroatoms. The van der Waals surface area contributed by atoms with Gasteiger partial charge >= 0.3 is 5.97 Å². The molecule has 0 aliphatic heterocycles. The van der Waals surface area contributed by atoms with Gasteiger partial charge in [0.05, 0.1) is 16.9 Å². The molecule has 0 N–H and O–H groups in total. The molecule has 28 heavy (non-hydrogen) atoms. The van der Waals surface area contributed by atoms with Crippen molar-refractivity contribution in [3.8, 4) is 22.8 Å². The smallest absolute Gasteiger partial charge is 0.344 e. The van der Waals surface area contributed by atoms with Crippen molar-refractivity contribution >= 4 is 17.6 Å². The van der Waals surface area contributed by atoms with E-state index in [4.69, 9.17) is 16.3 Å². The number of aryl methyl sites for hydroxylation is 1. The van der Waals surface area contributed by atoms with Gasteiger partial charge in [-0.05, 0) is 48.9 Å². The summed E-state index contributed by atoms with van der Waals surface area (Å²) in [6, 6.07) is 26.0. The minimum Gasteiger partial charge on any atom is -0.404 e. The fraction of sp³-hybridized carbons (Fsp3) is 0.0435. The molecule has 3 aromatic carbocycles. The van der Waals surface area contributed by atoms with Gasteiger partial charge < -0.3 is 4.74 Å². The molecule has 0 saturated heterocycles. The van der Waals surface area contributed by atoms with Crippen LogP contribution in [0.25, 0.3) is 16.9 Å². The summed E-state index contributed by atoms with van der Waals surface area (Å²) >= 11 is 5.90. The summed E-state index contributed by atoms with van der Waals surface area (Å²) in [6.45, 7) is 2.00. The lowest BCUT2D eigenvalue weighted by molar-refractivity contribution is 0.0723. The Hall–Kier alpha value is -3.37. The molecule has 0 radical (unpaired) electrons. The van der Waals surface area contributed by atoms with Crippen molar-refractivity contribution in [3.63, 3.8) is 0 Å². The molecule has 4 aromatic rings. The standard InChI is InChI=1S/C23H17ClN2O2/c1-16-6-5-9-20(14-16)26-22(15-21(25-26)17-7-3-2-4-8-17)28-23(27)18-10-12-19(24)13-11-18/h2-15H,1H3. The number of hydrogen-bond acceptors (Lipinski definition) is 3. The third-order valence-corrected chi connectivity index (χ3v) is 4.52. The van der Waals surface area contributed by atoms with E-state index in [0.717, 1.165) is 22.5 Å². The molecule has 0 bridgehead atoms. The molecule has 0 atom stereocenters. The number of esters is 1. The van der Waals surface area contributed by atoms with Gasteiger partial charge in [-0.3, -0.25) is 0 Å². The van der Waals surface area contributed by atoms with Crippen LogP contribution in [0.3, 0.4) is 0 Å². The largest absolute Gasteiger partial charge is 0.404 e. The van der Waals surface area contributed by atoms with Crippen LogP contribution in [-0.2, 0) is 0 Å². The average molecular weight is 389 g/mol. The van der Waals surface area contributed by atoms with Crippen LogP contribution in [0.4, 0.5) is 0 Å². The molecule has 0 saturated carbocycles. The van der Waals surface area contributed by atoms with Crippen LogP contribution in [0.15, 0.2) is 84.9 Å². The first kappa shape index (κ1) is 18.0. The first-order valence-electron chi connectivity index (χ1n) is 8.80. The topological polar surface area (TPSA) is 44.1 Å². The average Bonchev–Trinajstić information content (AvgIpc) is 3.13. The molecule has 0 fully saturated rings. The Morgan fingerprint density at radius 3 is 2.39 bits per heavy atom. The number of aromatic nitrogens is 2. The molecule has 0 unspecified atom stereocenters. The summed E-state index contributed by atoms with van der Waals surface area (Å²) in [4.78, 5) is 12.6. The number of carbonyl (C=O) groups excluding carboxylic acids is 1. The van der Waals surface area contributed by atoms with Gasteiger partial charge in [-0.2, -0.15) is 9.78 Å². The Balaban J connectivity index is 1.75. The summed E-state index contributed by atoms with van der Waals surface area (Å²) in [5, 5.41) is 5.23. The predicted octanol–water partition coefficient (Wildman–Crippen LogP) is 5.72. The number of halogens is 1. The van der Waals surface area contributed by atoms with E-state index >= 15 is 0 Å². The van der Waals surface area contributed by atoms with Crippen molar-refractivity contribution in [1.29, 1.82) is 0 Å². The fourth-order valence-corrected chi connectivity index (χ4v) is 3.00. The van der Waals surface area contributed by atoms with Crippen LogP contribution in [0.2, 0.25) is 5.02 Å². The highest BCUT2D eigenvalue weighted by Gasteiger charge is 2.17. The SMILES string of the molecule is Cc1cccc(-n2nc(-c3ccccc3)cc2OC(=O)c2ccc(Cl)cc2)c1. The molecule has 138 valence electrons. The Kier molecular flexibility index (Phi) is 4.96. The van der Waals surface area contributed by atoms with Crippen LogP contribution in [0.5, 0.6) is 5.88 Å². The van der Waals surface area contributed by atoms with E-state index in [1.165, 1.54) is 0 Å². The van der Waals surface area contributed by atoms with Gasteiger partial charge in [0.15, 0.2) is 0 Å². The van der Waals surface area contributed by atoms with Crippen molar-refractivity contribution in [3.05, 3.63) is 101 Å². The summed E-state index contributed by atoms with van der Waals surface area (Å²) in [5.41, 5.74) is 3.99. The van der Waals surface area contributed by atoms with Crippen molar-refractivity contribution < 1.29 is 9.53 Å². The van der Waals surface area contributed by atoms with E-state index in [-0.39, 0.29) is 0 Å². The monoisotopic (exact) mass is 388 g/mol. The molecule has 0 aliphatic rings. The number of hydrogen-bond donors (Lipinski definition) is 0. The minimum absolute atomic E-state index is 0.351. The van der Waals surface area contributed by atoms with Gasteiger partial charge in [0.25, 0.3) is 0 Å². The highest BCUT2D eigenvalue weighted by molar-refractivity contribution is 6.30. The maximum Gasteiger partial charge on any atom is 0.344 e. The molecule has 4 nitrogen and oxygen atoms in total. The number of carbonyl (C=O) groups is 1. The van der Waals surface area contributed by atoms with E-state index in [0.29, 0.717) is 16.5 Å². The van der Waals surface area contributed by atoms with Gasteiger partial charge in [0.2, 0.25) is 5.88 Å². The van der Waals surface area contributed by atoms with Crippen LogP contribution < -0.4 is 4.74 Å². The molecule has 0 aliphatic carbocycles. The number of benzene rings is 3. The van der Waals surface area contributed by atoms with Crippen molar-refractivity contribution in [2.75, 3.05) is 0 Å². The Labute approximate surface area is 168 Å². The summed E-state index contributed by atoms with van der Waals surface area (Å²) in [6.07, 6.45) is 0. The van der Waals surface area contributed by atoms with Crippen molar-refractivity contribution in [2.45, 2.75) is 6.92 Å². The lowest BCUT2D eigenvalue weighted by Gasteiger charge is -2.08. The zero-order valence-corrected chi connectivity index (χ0v) is 15.9. The second-order valence-corrected chi connectivity index (χ2v) is 6.82. The zero-order valence-electron chi connectivity index (χ0n) is 15.2. The van der Waals surface area contributed by atoms with Gasteiger partial charge in [-0.1, -0.05) is 54.1 Å². The molecular weight excluding hydrogens is 372 g/mol. The third-order valence-electron chi connectivity index (χ3n) is 4.27. The molecular formula is C23H17ClN2O2. The normalized spacial score (nSPS) is 10.6. The number of rotatable bonds is 4. The van der Waals surface area contributed by atoms with Crippen LogP contribution >= 0.6 is 11.6 Å². The first-order valence-corrected chi connectivity index (χ1v) is 9.18. The van der Waals surface area contributed by atoms with Crippen molar-refractivity contribution in [2.24, 2.45) is 0 Å². The van der Waals surface area contributed by atoms with E-state index in [1.807, 2.05) is 61.5 Å². The van der Waals surface area contributed by atoms with Crippen molar-refractivity contribution in [1.82, 2.24) is 9.78 Å². The van der Waals surface area contributed by atoms with E-state index in [9.17, 15) is 4.79 Å². The zero-order chi connectivity index (χ0) is 19.5. The summed E-state index contributed by atoms with van der Waals surface area (Å²) in [7, 11) is 0. The summed E-state index contributed by atoms with van der Waals surface area (Å²) in [5.74, 6) is -0.116. The van der Waals surface area contributed by atoms with Gasteiger partial charge in [-0.15, -0.1) is 0 Å². The highest BCUT2D eigenvalue weighted by atomic mass is 35.5. The Morgan fingerprint density at radius 2 is 1.68 bits per heavy atom. The molecule has 0 spiro atoms. The molecule has 1 aromatic heterocycles. The molecule has 4 rings (SSSR count). The maximum absolute atomic E-state index is 12.6. The third kappa shape index (κ3) is 3.82. The maximum atomic E-state index is 12.6. The van der Waals surface area contributed by atoms with E-state index in [2.05, 4.69) is 5.10 Å². The highest BCUT2D eigenvalue weighted by Crippen LogP contribution is 2.27. The van der Waals surface area contributed by atoms with Gasteiger partial charge in [0.1, 0.15) is 0 Å². The second kappa shape index (κ2) is 7.71. The molecule has 0 amide bonds. The fourth-order valence-electron chi connectivity index (χ4n) is 2.87. The number of nitrogens with zero attached hydrogens (tertiary/aromatic N) is 2. The van der Waals surface area contributed by atoms with Gasteiger partial charge in [0, 0.05) is 16.7 Å². The van der Waals surface area contributed by atoms with Crippen LogP contribution in [0, 0.1) is 6.92 Å². The Bertz CT molecular complexity index is 1120. The predicted molar refractivity (Wildman–Crippen MR) is 110 cm³/mol. The van der Waals surface area contributed by atoms with E-state index < -0.39 is 5.97 Å². The lowest BCUT2D eigenvalue weighted by atomic mass is 10.2.